The number of carboxylic acid groups (broad SMARTS) is 1. The standard InChI is InChI=1S/C14H14N2O2.2C10H8N2.CH4.Ru/c1-10-4-6-15-12(8-10)13-9-11(5-7-16-13)2-3-14(17)18;2*1-3-7-11-9(5-1)10-6-2-4-8-12-10;;/h4-9H,2-3H2,1H3,(H,17,18);2*1-8H;1H4;. The summed E-state index contributed by atoms with van der Waals surface area (Å²) in [5.41, 5.74) is 7.34. The normalized spacial score (nSPS) is 9.48. The number of hydrogen-bond acceptors (Lipinski definition) is 7. The number of carboxylic acids is 1. The van der Waals surface area contributed by atoms with Crippen molar-refractivity contribution in [3.63, 3.8) is 0 Å². The Morgan fingerprint density at radius 2 is 0.932 bits per heavy atom. The number of aryl methyl sites for hydroxylation is 2. The molecule has 6 aromatic heterocycles. The molecule has 8 nitrogen and oxygen atoms in total. The van der Waals surface area contributed by atoms with E-state index in [1.54, 1.807) is 37.2 Å². The van der Waals surface area contributed by atoms with Gasteiger partial charge in [0.15, 0.2) is 0 Å². The van der Waals surface area contributed by atoms with Crippen molar-refractivity contribution < 1.29 is 29.4 Å². The minimum atomic E-state index is -0.790. The van der Waals surface area contributed by atoms with E-state index in [1.807, 2.05) is 104 Å². The fourth-order valence-corrected chi connectivity index (χ4v) is 3.75. The molecule has 0 aliphatic rings. The van der Waals surface area contributed by atoms with E-state index >= 15 is 0 Å². The van der Waals surface area contributed by atoms with Gasteiger partial charge in [-0.25, -0.2) is 0 Å². The summed E-state index contributed by atoms with van der Waals surface area (Å²) in [5.74, 6) is -0.790. The number of carbonyl (C=O) groups is 1. The molecule has 0 spiro atoms. The molecule has 0 fully saturated rings. The van der Waals surface area contributed by atoms with Crippen molar-refractivity contribution in [2.45, 2.75) is 27.2 Å². The summed E-state index contributed by atoms with van der Waals surface area (Å²) in [6.45, 7) is 2.00. The minimum Gasteiger partial charge on any atom is -0.481 e. The molecule has 0 saturated heterocycles. The van der Waals surface area contributed by atoms with E-state index in [4.69, 9.17) is 5.11 Å². The number of hydrogen-bond donors (Lipinski definition) is 1. The number of pyridine rings is 6. The summed E-state index contributed by atoms with van der Waals surface area (Å²) in [6.07, 6.45) is 11.1. The van der Waals surface area contributed by atoms with Crippen LogP contribution in [0.1, 0.15) is 25.0 Å². The van der Waals surface area contributed by atoms with E-state index in [-0.39, 0.29) is 33.3 Å². The maximum atomic E-state index is 10.5. The molecule has 44 heavy (non-hydrogen) atoms. The van der Waals surface area contributed by atoms with E-state index in [2.05, 4.69) is 29.9 Å². The fraction of sp³-hybridized carbons (Fsp3) is 0.114. The van der Waals surface area contributed by atoms with E-state index in [0.29, 0.717) is 6.42 Å². The number of aromatic nitrogens is 6. The Hall–Kier alpha value is -5.01. The second-order valence-electron chi connectivity index (χ2n) is 9.02. The van der Waals surface area contributed by atoms with Crippen molar-refractivity contribution in [1.82, 2.24) is 29.9 Å². The van der Waals surface area contributed by atoms with Crippen molar-refractivity contribution in [1.29, 1.82) is 0 Å². The predicted molar refractivity (Wildman–Crippen MR) is 170 cm³/mol. The molecule has 0 aromatic carbocycles. The summed E-state index contributed by atoms with van der Waals surface area (Å²) in [5, 5.41) is 8.67. The van der Waals surface area contributed by atoms with Crippen LogP contribution in [-0.2, 0) is 30.7 Å². The Morgan fingerprint density at radius 3 is 1.30 bits per heavy atom. The van der Waals surface area contributed by atoms with Crippen molar-refractivity contribution in [3.8, 4) is 34.2 Å². The maximum Gasteiger partial charge on any atom is 0.303 e. The van der Waals surface area contributed by atoms with Gasteiger partial charge in [-0.2, -0.15) is 0 Å². The fourth-order valence-electron chi connectivity index (χ4n) is 3.75. The Balaban J connectivity index is 0.000000231. The first kappa shape index (κ1) is 35.2. The van der Waals surface area contributed by atoms with Crippen LogP contribution in [0.25, 0.3) is 34.2 Å². The second-order valence-corrected chi connectivity index (χ2v) is 9.02. The third kappa shape index (κ3) is 11.7. The van der Waals surface area contributed by atoms with Crippen molar-refractivity contribution in [2.75, 3.05) is 0 Å². The SMILES string of the molecule is C.Cc1ccnc(-c2cc(CCC(=O)O)ccn2)c1.[Ru].c1ccc(-c2ccccn2)nc1.c1ccc(-c2ccccn2)nc1. The molecule has 0 saturated carbocycles. The smallest absolute Gasteiger partial charge is 0.303 e. The molecule has 1 N–H and O–H groups in total. The summed E-state index contributed by atoms with van der Waals surface area (Å²) < 4.78 is 0. The summed E-state index contributed by atoms with van der Waals surface area (Å²) >= 11 is 0. The topological polar surface area (TPSA) is 115 Å². The first-order chi connectivity index (χ1) is 20.6. The van der Waals surface area contributed by atoms with Crippen molar-refractivity contribution >= 4 is 5.97 Å². The molecule has 0 atom stereocenters. The molecule has 0 unspecified atom stereocenters. The van der Waals surface area contributed by atoms with Crippen LogP contribution < -0.4 is 0 Å². The van der Waals surface area contributed by atoms with Crippen LogP contribution in [0, 0.1) is 6.92 Å². The Labute approximate surface area is 271 Å². The van der Waals surface area contributed by atoms with Crippen molar-refractivity contribution in [3.05, 3.63) is 145 Å². The maximum absolute atomic E-state index is 10.5. The van der Waals surface area contributed by atoms with E-state index < -0.39 is 5.97 Å². The van der Waals surface area contributed by atoms with Gasteiger partial charge in [-0.15, -0.1) is 0 Å². The molecule has 9 heteroatoms. The monoisotopic (exact) mass is 672 g/mol. The van der Waals surface area contributed by atoms with Gasteiger partial charge in [0.25, 0.3) is 0 Å². The predicted octanol–water partition coefficient (Wildman–Crippen LogP) is 7.39. The van der Waals surface area contributed by atoms with Gasteiger partial charge in [0.1, 0.15) is 0 Å². The van der Waals surface area contributed by atoms with Gasteiger partial charge < -0.3 is 5.11 Å². The Bertz CT molecular complexity index is 1510. The van der Waals surface area contributed by atoms with E-state index in [1.165, 1.54) is 0 Å². The summed E-state index contributed by atoms with van der Waals surface area (Å²) in [4.78, 5) is 35.8. The zero-order valence-electron chi connectivity index (χ0n) is 23.5. The molecule has 0 radical (unpaired) electrons. The Kier molecular flexibility index (Phi) is 15.4. The molecule has 0 aliphatic carbocycles. The zero-order chi connectivity index (χ0) is 29.4. The van der Waals surface area contributed by atoms with Gasteiger partial charge in [0, 0.05) is 63.1 Å². The van der Waals surface area contributed by atoms with Crippen LogP contribution in [0.15, 0.2) is 134 Å². The van der Waals surface area contributed by atoms with Gasteiger partial charge in [-0.05, 0) is 97.3 Å². The van der Waals surface area contributed by atoms with Crippen LogP contribution in [-0.4, -0.2) is 41.0 Å². The minimum absolute atomic E-state index is 0. The van der Waals surface area contributed by atoms with Crippen molar-refractivity contribution in [2.24, 2.45) is 0 Å². The second kappa shape index (κ2) is 19.2. The molecular weight excluding hydrogens is 637 g/mol. The van der Waals surface area contributed by atoms with Crippen LogP contribution in [0.2, 0.25) is 0 Å². The molecule has 6 rings (SSSR count). The van der Waals surface area contributed by atoms with Crippen LogP contribution in [0.3, 0.4) is 0 Å². The first-order valence-corrected chi connectivity index (χ1v) is 13.3. The van der Waals surface area contributed by atoms with E-state index in [9.17, 15) is 4.79 Å². The van der Waals surface area contributed by atoms with E-state index in [0.717, 1.165) is 45.3 Å². The molecule has 224 valence electrons. The van der Waals surface area contributed by atoms with Gasteiger partial charge in [-0.1, -0.05) is 31.7 Å². The van der Waals surface area contributed by atoms with Gasteiger partial charge in [0.2, 0.25) is 0 Å². The van der Waals surface area contributed by atoms with Gasteiger partial charge >= 0.3 is 5.97 Å². The van der Waals surface area contributed by atoms with Crippen LogP contribution in [0.4, 0.5) is 0 Å². The number of rotatable bonds is 6. The van der Waals surface area contributed by atoms with Crippen LogP contribution >= 0.6 is 0 Å². The average molecular weight is 672 g/mol. The summed E-state index contributed by atoms with van der Waals surface area (Å²) in [7, 11) is 0. The number of aliphatic carboxylic acids is 1. The quantitative estimate of drug-likeness (QED) is 0.182. The van der Waals surface area contributed by atoms with Gasteiger partial charge in [-0.3, -0.25) is 34.7 Å². The largest absolute Gasteiger partial charge is 0.481 e. The molecular formula is C35H34N6O2Ru. The van der Waals surface area contributed by atoms with Crippen LogP contribution in [0.5, 0.6) is 0 Å². The summed E-state index contributed by atoms with van der Waals surface area (Å²) in [6, 6.07) is 30.8. The zero-order valence-corrected chi connectivity index (χ0v) is 25.2. The molecule has 0 aliphatic heterocycles. The van der Waals surface area contributed by atoms with Gasteiger partial charge in [0.05, 0.1) is 34.2 Å². The Morgan fingerprint density at radius 1 is 0.545 bits per heavy atom. The molecule has 0 amide bonds. The molecule has 0 bridgehead atoms. The number of nitrogens with zero attached hydrogens (tertiary/aromatic N) is 6. The molecule has 6 aromatic rings. The third-order valence-electron chi connectivity index (χ3n) is 5.81. The molecule has 6 heterocycles. The first-order valence-electron chi connectivity index (χ1n) is 13.3. The average Bonchev–Trinajstić information content (AvgIpc) is 3.06. The third-order valence-corrected chi connectivity index (χ3v) is 5.81.